The fourth-order valence-electron chi connectivity index (χ4n) is 2.50. The van der Waals surface area contributed by atoms with Crippen LogP contribution < -0.4 is 10.6 Å². The Balaban J connectivity index is 1.36. The predicted molar refractivity (Wildman–Crippen MR) is 110 cm³/mol. The molecule has 0 radical (unpaired) electrons. The lowest BCUT2D eigenvalue weighted by atomic mass is 10.3. The Morgan fingerprint density at radius 3 is 2.83 bits per heavy atom. The average Bonchev–Trinajstić information content (AvgIpc) is 3.40. The smallest absolute Gasteiger partial charge is 0.272 e. The van der Waals surface area contributed by atoms with Gasteiger partial charge in [0.2, 0.25) is 5.91 Å². The third kappa shape index (κ3) is 5.14. The zero-order valence-corrected chi connectivity index (χ0v) is 17.1. The van der Waals surface area contributed by atoms with Crippen molar-refractivity contribution in [1.82, 2.24) is 25.1 Å². The molecule has 1 saturated carbocycles. The van der Waals surface area contributed by atoms with Gasteiger partial charge in [-0.2, -0.15) is 5.10 Å². The van der Waals surface area contributed by atoms with E-state index < -0.39 is 5.82 Å². The molecule has 0 saturated heterocycles. The fourth-order valence-corrected chi connectivity index (χ4v) is 3.35. The van der Waals surface area contributed by atoms with Gasteiger partial charge in [-0.3, -0.25) is 9.59 Å². The van der Waals surface area contributed by atoms with Gasteiger partial charge in [-0.05, 0) is 37.1 Å². The highest BCUT2D eigenvalue weighted by atomic mass is 35.5. The average molecular weight is 447 g/mol. The van der Waals surface area contributed by atoms with Gasteiger partial charge in [0.15, 0.2) is 11.5 Å². The highest BCUT2D eigenvalue weighted by Gasteiger charge is 2.24. The van der Waals surface area contributed by atoms with Crippen molar-refractivity contribution in [2.24, 2.45) is 0 Å². The van der Waals surface area contributed by atoms with Crippen molar-refractivity contribution in [3.8, 4) is 5.82 Å². The summed E-state index contributed by atoms with van der Waals surface area (Å²) >= 11 is 6.92. The van der Waals surface area contributed by atoms with Gasteiger partial charge in [0, 0.05) is 24.0 Å². The topological polar surface area (TPSA) is 102 Å². The lowest BCUT2D eigenvalue weighted by Crippen LogP contribution is -2.25. The molecule has 2 aromatic heterocycles. The number of nitrogens with zero attached hydrogens (tertiary/aromatic N) is 4. The number of amides is 2. The number of carbonyl (C=O) groups is 2. The van der Waals surface area contributed by atoms with Gasteiger partial charge in [-0.15, -0.1) is 0 Å². The normalized spacial score (nSPS) is 13.1. The zero-order valence-electron chi connectivity index (χ0n) is 15.5. The van der Waals surface area contributed by atoms with Crippen molar-refractivity contribution >= 4 is 40.9 Å². The van der Waals surface area contributed by atoms with Crippen LogP contribution in [0, 0.1) is 5.82 Å². The van der Waals surface area contributed by atoms with Crippen molar-refractivity contribution in [1.29, 1.82) is 0 Å². The van der Waals surface area contributed by atoms with Crippen LogP contribution in [0.4, 0.5) is 10.1 Å². The van der Waals surface area contributed by atoms with Crippen LogP contribution in [0.3, 0.4) is 0 Å². The number of anilines is 1. The van der Waals surface area contributed by atoms with Crippen LogP contribution in [0.5, 0.6) is 0 Å². The first-order valence-electron chi connectivity index (χ1n) is 9.04. The molecule has 0 spiro atoms. The minimum Gasteiger partial charge on any atom is -0.348 e. The predicted octanol–water partition coefficient (Wildman–Crippen LogP) is 3.08. The lowest BCUT2D eigenvalue weighted by Gasteiger charge is -2.06. The van der Waals surface area contributed by atoms with Crippen molar-refractivity contribution in [2.75, 3.05) is 11.1 Å². The van der Waals surface area contributed by atoms with Crippen LogP contribution in [0.15, 0.2) is 47.9 Å². The van der Waals surface area contributed by atoms with Gasteiger partial charge in [0.1, 0.15) is 17.2 Å². The van der Waals surface area contributed by atoms with Crippen molar-refractivity contribution in [2.45, 2.75) is 23.9 Å². The first kappa shape index (κ1) is 20.3. The van der Waals surface area contributed by atoms with Gasteiger partial charge < -0.3 is 10.6 Å². The van der Waals surface area contributed by atoms with Crippen LogP contribution in [0.1, 0.15) is 23.3 Å². The van der Waals surface area contributed by atoms with Crippen LogP contribution in [0.25, 0.3) is 5.82 Å². The van der Waals surface area contributed by atoms with E-state index in [-0.39, 0.29) is 28.6 Å². The SMILES string of the molecule is O=C(CSc1cc(-n2ccc(C(=O)NC3CC3)n2)ncn1)Nc1ccc(F)c(Cl)c1. The summed E-state index contributed by atoms with van der Waals surface area (Å²) in [6, 6.07) is 7.50. The maximum Gasteiger partial charge on any atom is 0.272 e. The first-order valence-corrected chi connectivity index (χ1v) is 10.4. The molecule has 1 aliphatic rings. The summed E-state index contributed by atoms with van der Waals surface area (Å²) in [5.41, 5.74) is 0.718. The summed E-state index contributed by atoms with van der Waals surface area (Å²) in [5.74, 6) is -0.494. The molecule has 2 amide bonds. The lowest BCUT2D eigenvalue weighted by molar-refractivity contribution is -0.113. The van der Waals surface area contributed by atoms with Gasteiger partial charge in [0.05, 0.1) is 10.8 Å². The van der Waals surface area contributed by atoms with E-state index in [1.54, 1.807) is 18.3 Å². The molecular weight excluding hydrogens is 431 g/mol. The minimum absolute atomic E-state index is 0.0645. The van der Waals surface area contributed by atoms with E-state index in [9.17, 15) is 14.0 Å². The zero-order chi connectivity index (χ0) is 21.1. The Hall–Kier alpha value is -2.98. The van der Waals surface area contributed by atoms with Crippen molar-refractivity contribution < 1.29 is 14.0 Å². The summed E-state index contributed by atoms with van der Waals surface area (Å²) in [7, 11) is 0. The molecule has 0 unspecified atom stereocenters. The molecule has 154 valence electrons. The van der Waals surface area contributed by atoms with Gasteiger partial charge in [0.25, 0.3) is 5.91 Å². The molecule has 30 heavy (non-hydrogen) atoms. The van der Waals surface area contributed by atoms with Crippen LogP contribution in [0.2, 0.25) is 5.02 Å². The summed E-state index contributed by atoms with van der Waals surface area (Å²) in [6.07, 6.45) is 5.01. The van der Waals surface area contributed by atoms with Crippen molar-refractivity contribution in [3.05, 3.63) is 59.4 Å². The Kier molecular flexibility index (Phi) is 5.96. The van der Waals surface area contributed by atoms with Crippen LogP contribution in [-0.2, 0) is 4.79 Å². The number of nitrogens with one attached hydrogen (secondary N) is 2. The minimum atomic E-state index is -0.552. The largest absolute Gasteiger partial charge is 0.348 e. The van der Waals surface area contributed by atoms with E-state index in [1.807, 2.05) is 0 Å². The molecule has 1 aliphatic carbocycles. The van der Waals surface area contributed by atoms with Gasteiger partial charge in [-0.25, -0.2) is 19.0 Å². The summed E-state index contributed by atoms with van der Waals surface area (Å²) in [6.45, 7) is 0. The Labute approximate surface area is 180 Å². The molecule has 1 fully saturated rings. The number of benzene rings is 1. The third-order valence-electron chi connectivity index (χ3n) is 4.15. The maximum atomic E-state index is 13.2. The molecule has 1 aromatic carbocycles. The second-order valence-corrected chi connectivity index (χ2v) is 7.98. The van der Waals surface area contributed by atoms with E-state index in [4.69, 9.17) is 11.6 Å². The first-order chi connectivity index (χ1) is 14.5. The van der Waals surface area contributed by atoms with Gasteiger partial charge in [-0.1, -0.05) is 23.4 Å². The highest BCUT2D eigenvalue weighted by Crippen LogP contribution is 2.21. The number of hydrogen-bond donors (Lipinski definition) is 2. The van der Waals surface area contributed by atoms with Gasteiger partial charge >= 0.3 is 0 Å². The number of thioether (sulfide) groups is 1. The monoisotopic (exact) mass is 446 g/mol. The second kappa shape index (κ2) is 8.80. The summed E-state index contributed by atoms with van der Waals surface area (Å²) in [4.78, 5) is 32.5. The van der Waals surface area contributed by atoms with Crippen LogP contribution in [-0.4, -0.2) is 43.4 Å². The molecular formula is C19H16ClFN6O2S. The molecule has 0 atom stereocenters. The van der Waals surface area contributed by atoms with E-state index in [2.05, 4.69) is 25.7 Å². The van der Waals surface area contributed by atoms with E-state index in [0.29, 0.717) is 22.2 Å². The summed E-state index contributed by atoms with van der Waals surface area (Å²) in [5, 5.41) is 10.3. The molecule has 3 aromatic rings. The fraction of sp³-hybridized carbons (Fsp3) is 0.211. The number of hydrogen-bond acceptors (Lipinski definition) is 6. The quantitative estimate of drug-likeness (QED) is 0.427. The maximum absolute atomic E-state index is 13.2. The third-order valence-corrected chi connectivity index (χ3v) is 5.37. The van der Waals surface area contributed by atoms with E-state index >= 15 is 0 Å². The molecule has 2 heterocycles. The van der Waals surface area contributed by atoms with Crippen molar-refractivity contribution in [3.63, 3.8) is 0 Å². The molecule has 2 N–H and O–H groups in total. The standard InChI is InChI=1S/C19H16ClFN6O2S/c20-13-7-12(3-4-14(13)21)24-17(28)9-30-18-8-16(22-10-23-18)27-6-5-15(26-27)19(29)25-11-1-2-11/h3-8,10-11H,1-2,9H2,(H,24,28)(H,25,29). The van der Waals surface area contributed by atoms with E-state index in [0.717, 1.165) is 12.8 Å². The van der Waals surface area contributed by atoms with Crippen LogP contribution >= 0.6 is 23.4 Å². The Morgan fingerprint density at radius 2 is 2.07 bits per heavy atom. The molecule has 0 bridgehead atoms. The Bertz CT molecular complexity index is 1100. The van der Waals surface area contributed by atoms with E-state index in [1.165, 1.54) is 41.0 Å². The molecule has 11 heteroatoms. The number of carbonyl (C=O) groups excluding carboxylic acids is 2. The second-order valence-electron chi connectivity index (χ2n) is 6.57. The molecule has 0 aliphatic heterocycles. The number of rotatable bonds is 7. The number of halogens is 2. The number of aromatic nitrogens is 4. The molecule has 8 nitrogen and oxygen atoms in total. The summed E-state index contributed by atoms with van der Waals surface area (Å²) < 4.78 is 14.7. The molecule has 4 rings (SSSR count). The Morgan fingerprint density at radius 1 is 1.23 bits per heavy atom. The highest BCUT2D eigenvalue weighted by molar-refractivity contribution is 7.99.